The second-order valence-electron chi connectivity index (χ2n) is 5.15. The van der Waals surface area contributed by atoms with E-state index in [1.165, 1.54) is 25.9 Å². The average molecular weight is 255 g/mol. The highest BCUT2D eigenvalue weighted by Gasteiger charge is 2.33. The van der Waals surface area contributed by atoms with Gasteiger partial charge in [0.2, 0.25) is 5.91 Å². The van der Waals surface area contributed by atoms with Crippen LogP contribution < -0.4 is 10.6 Å². The van der Waals surface area contributed by atoms with E-state index in [2.05, 4.69) is 22.5 Å². The predicted molar refractivity (Wildman–Crippen MR) is 70.5 cm³/mol. The Kier molecular flexibility index (Phi) is 5.41. The van der Waals surface area contributed by atoms with Gasteiger partial charge in [-0.2, -0.15) is 0 Å². The number of likely N-dealkylation sites (N-methyl/N-ethyl adjacent to an activating group) is 1. The summed E-state index contributed by atoms with van der Waals surface area (Å²) in [6, 6.07) is 0.182. The SMILES string of the molecule is CCNC1COCC1C(=O)NCCN1CCCC1. The highest BCUT2D eigenvalue weighted by atomic mass is 16.5. The van der Waals surface area contributed by atoms with Gasteiger partial charge in [-0.1, -0.05) is 6.92 Å². The van der Waals surface area contributed by atoms with Gasteiger partial charge in [-0.3, -0.25) is 4.79 Å². The van der Waals surface area contributed by atoms with Gasteiger partial charge in [-0.25, -0.2) is 0 Å². The molecular formula is C13H25N3O2. The van der Waals surface area contributed by atoms with Gasteiger partial charge in [0, 0.05) is 19.1 Å². The molecular weight excluding hydrogens is 230 g/mol. The number of amides is 1. The molecule has 2 aliphatic heterocycles. The molecule has 0 aromatic rings. The molecule has 0 aromatic heterocycles. The molecule has 2 atom stereocenters. The molecule has 2 heterocycles. The molecule has 18 heavy (non-hydrogen) atoms. The molecule has 2 rings (SSSR count). The fraction of sp³-hybridized carbons (Fsp3) is 0.923. The third-order valence-corrected chi connectivity index (χ3v) is 3.81. The monoisotopic (exact) mass is 255 g/mol. The van der Waals surface area contributed by atoms with Crippen LogP contribution in [0.3, 0.4) is 0 Å². The Hall–Kier alpha value is -0.650. The van der Waals surface area contributed by atoms with E-state index in [1.54, 1.807) is 0 Å². The molecule has 0 radical (unpaired) electrons. The van der Waals surface area contributed by atoms with Crippen LogP contribution in [0.5, 0.6) is 0 Å². The van der Waals surface area contributed by atoms with Gasteiger partial charge in [0.25, 0.3) is 0 Å². The van der Waals surface area contributed by atoms with Crippen LogP contribution in [0.15, 0.2) is 0 Å². The molecule has 0 spiro atoms. The van der Waals surface area contributed by atoms with E-state index in [-0.39, 0.29) is 17.9 Å². The molecule has 0 aliphatic carbocycles. The molecule has 2 aliphatic rings. The summed E-state index contributed by atoms with van der Waals surface area (Å²) >= 11 is 0. The van der Waals surface area contributed by atoms with Crippen molar-refractivity contribution in [3.05, 3.63) is 0 Å². The number of likely N-dealkylation sites (tertiary alicyclic amines) is 1. The van der Waals surface area contributed by atoms with E-state index in [0.717, 1.165) is 19.6 Å². The van der Waals surface area contributed by atoms with Gasteiger partial charge in [0.05, 0.1) is 19.1 Å². The Labute approximate surface area is 109 Å². The van der Waals surface area contributed by atoms with Crippen LogP contribution in [0, 0.1) is 5.92 Å². The quantitative estimate of drug-likeness (QED) is 0.691. The molecule has 2 N–H and O–H groups in total. The smallest absolute Gasteiger partial charge is 0.227 e. The van der Waals surface area contributed by atoms with Crippen LogP contribution in [0.2, 0.25) is 0 Å². The molecule has 0 bridgehead atoms. The molecule has 104 valence electrons. The molecule has 0 aromatic carbocycles. The van der Waals surface area contributed by atoms with E-state index in [1.807, 2.05) is 0 Å². The summed E-state index contributed by atoms with van der Waals surface area (Å²) in [5.41, 5.74) is 0. The van der Waals surface area contributed by atoms with Crippen molar-refractivity contribution >= 4 is 5.91 Å². The maximum Gasteiger partial charge on any atom is 0.227 e. The molecule has 5 nitrogen and oxygen atoms in total. The first-order chi connectivity index (χ1) is 8.81. The number of carbonyl (C=O) groups is 1. The maximum absolute atomic E-state index is 12.1. The lowest BCUT2D eigenvalue weighted by Crippen LogP contribution is -2.45. The zero-order chi connectivity index (χ0) is 12.8. The van der Waals surface area contributed by atoms with Crippen molar-refractivity contribution < 1.29 is 9.53 Å². The Balaban J connectivity index is 1.66. The third-order valence-electron chi connectivity index (χ3n) is 3.81. The fourth-order valence-corrected chi connectivity index (χ4v) is 2.75. The third kappa shape index (κ3) is 3.67. The topological polar surface area (TPSA) is 53.6 Å². The minimum Gasteiger partial charge on any atom is -0.379 e. The van der Waals surface area contributed by atoms with Gasteiger partial charge < -0.3 is 20.3 Å². The number of rotatable bonds is 6. The van der Waals surface area contributed by atoms with E-state index in [0.29, 0.717) is 13.2 Å². The van der Waals surface area contributed by atoms with Crippen molar-refractivity contribution in [2.24, 2.45) is 5.92 Å². The van der Waals surface area contributed by atoms with Crippen LogP contribution in [0.25, 0.3) is 0 Å². The van der Waals surface area contributed by atoms with Crippen molar-refractivity contribution in [2.75, 3.05) is 45.9 Å². The van der Waals surface area contributed by atoms with Crippen molar-refractivity contribution in [2.45, 2.75) is 25.8 Å². The number of ether oxygens (including phenoxy) is 1. The summed E-state index contributed by atoms with van der Waals surface area (Å²) < 4.78 is 5.39. The molecule has 2 fully saturated rings. The maximum atomic E-state index is 12.1. The van der Waals surface area contributed by atoms with E-state index < -0.39 is 0 Å². The summed E-state index contributed by atoms with van der Waals surface area (Å²) in [5.74, 6) is 0.112. The summed E-state index contributed by atoms with van der Waals surface area (Å²) in [6.45, 7) is 8.24. The van der Waals surface area contributed by atoms with Crippen LogP contribution in [-0.2, 0) is 9.53 Å². The minimum absolute atomic E-state index is 0.0245. The molecule has 5 heteroatoms. The fourth-order valence-electron chi connectivity index (χ4n) is 2.75. The normalized spacial score (nSPS) is 28.7. The van der Waals surface area contributed by atoms with Gasteiger partial charge in [0.15, 0.2) is 0 Å². The number of nitrogens with one attached hydrogen (secondary N) is 2. The van der Waals surface area contributed by atoms with Gasteiger partial charge in [-0.05, 0) is 32.5 Å². The van der Waals surface area contributed by atoms with Gasteiger partial charge in [0.1, 0.15) is 0 Å². The largest absolute Gasteiger partial charge is 0.379 e. The zero-order valence-electron chi connectivity index (χ0n) is 11.3. The Morgan fingerprint density at radius 1 is 1.33 bits per heavy atom. The second-order valence-corrected chi connectivity index (χ2v) is 5.15. The summed E-state index contributed by atoms with van der Waals surface area (Å²) in [6.07, 6.45) is 2.60. The standard InChI is InChI=1S/C13H25N3O2/c1-2-14-12-10-18-9-11(12)13(17)15-5-8-16-6-3-4-7-16/h11-12,14H,2-10H2,1H3,(H,15,17). The Morgan fingerprint density at radius 2 is 2.11 bits per heavy atom. The van der Waals surface area contributed by atoms with Crippen molar-refractivity contribution in [1.29, 1.82) is 0 Å². The first-order valence-electron chi connectivity index (χ1n) is 7.12. The highest BCUT2D eigenvalue weighted by molar-refractivity contribution is 5.79. The lowest BCUT2D eigenvalue weighted by Gasteiger charge is -2.19. The van der Waals surface area contributed by atoms with E-state index in [4.69, 9.17) is 4.74 Å². The number of carbonyl (C=O) groups excluding carboxylic acids is 1. The molecule has 2 saturated heterocycles. The van der Waals surface area contributed by atoms with Crippen molar-refractivity contribution in [3.63, 3.8) is 0 Å². The first-order valence-corrected chi connectivity index (χ1v) is 7.12. The van der Waals surface area contributed by atoms with Crippen molar-refractivity contribution in [3.8, 4) is 0 Å². The van der Waals surface area contributed by atoms with Gasteiger partial charge >= 0.3 is 0 Å². The average Bonchev–Trinajstić information content (AvgIpc) is 3.00. The summed E-state index contributed by atoms with van der Waals surface area (Å²) in [7, 11) is 0. The second kappa shape index (κ2) is 7.07. The summed E-state index contributed by atoms with van der Waals surface area (Å²) in [5, 5.41) is 6.35. The van der Waals surface area contributed by atoms with Gasteiger partial charge in [-0.15, -0.1) is 0 Å². The highest BCUT2D eigenvalue weighted by Crippen LogP contribution is 2.13. The van der Waals surface area contributed by atoms with Crippen LogP contribution in [0.1, 0.15) is 19.8 Å². The van der Waals surface area contributed by atoms with E-state index >= 15 is 0 Å². The molecule has 1 amide bonds. The van der Waals surface area contributed by atoms with Crippen LogP contribution in [0.4, 0.5) is 0 Å². The predicted octanol–water partition coefficient (Wildman–Crippen LogP) is -0.177. The van der Waals surface area contributed by atoms with Crippen LogP contribution in [-0.4, -0.2) is 62.8 Å². The first kappa shape index (κ1) is 13.8. The zero-order valence-corrected chi connectivity index (χ0v) is 11.3. The lowest BCUT2D eigenvalue weighted by molar-refractivity contribution is -0.125. The van der Waals surface area contributed by atoms with Crippen molar-refractivity contribution in [1.82, 2.24) is 15.5 Å². The van der Waals surface area contributed by atoms with Crippen LogP contribution >= 0.6 is 0 Å². The minimum atomic E-state index is -0.0245. The number of hydrogen-bond acceptors (Lipinski definition) is 4. The summed E-state index contributed by atoms with van der Waals surface area (Å²) in [4.78, 5) is 14.5. The Morgan fingerprint density at radius 3 is 2.83 bits per heavy atom. The number of hydrogen-bond donors (Lipinski definition) is 2. The lowest BCUT2D eigenvalue weighted by atomic mass is 10.0. The number of nitrogens with zero attached hydrogens (tertiary/aromatic N) is 1. The molecule has 0 saturated carbocycles. The molecule has 2 unspecified atom stereocenters. The Bertz CT molecular complexity index is 267. The van der Waals surface area contributed by atoms with E-state index in [9.17, 15) is 4.79 Å².